The Morgan fingerprint density at radius 3 is 2.55 bits per heavy atom. The molecular formula is C25H25F2N5O5S. The predicted octanol–water partition coefficient (Wildman–Crippen LogP) is 2.96. The molecule has 2 aromatic heterocycles. The number of carbonyl (C=O) groups excluding carboxylic acids is 1. The summed E-state index contributed by atoms with van der Waals surface area (Å²) in [5.74, 6) is -4.05. The van der Waals surface area contributed by atoms with Crippen molar-refractivity contribution in [1.29, 1.82) is 0 Å². The van der Waals surface area contributed by atoms with Gasteiger partial charge in [-0.05, 0) is 44.2 Å². The zero-order valence-corrected chi connectivity index (χ0v) is 21.5. The highest BCUT2D eigenvalue weighted by molar-refractivity contribution is 7.14. The van der Waals surface area contributed by atoms with Crippen LogP contribution in [0.4, 0.5) is 8.78 Å². The molecule has 200 valence electrons. The Bertz CT molecular complexity index is 1500. The molecule has 13 heteroatoms. The summed E-state index contributed by atoms with van der Waals surface area (Å²) in [4.78, 5) is 39.8. The Morgan fingerprint density at radius 2 is 1.92 bits per heavy atom. The highest BCUT2D eigenvalue weighted by Crippen LogP contribution is 2.42. The molecule has 3 heterocycles. The number of pyridine rings is 1. The van der Waals surface area contributed by atoms with Gasteiger partial charge in [0.15, 0.2) is 16.5 Å². The van der Waals surface area contributed by atoms with Crippen LogP contribution in [-0.2, 0) is 11.2 Å². The van der Waals surface area contributed by atoms with Crippen LogP contribution in [0.15, 0.2) is 29.2 Å². The van der Waals surface area contributed by atoms with Gasteiger partial charge < -0.3 is 15.1 Å². The number of fused-ring (bicyclic) bond motifs is 1. The van der Waals surface area contributed by atoms with Crippen molar-refractivity contribution in [1.82, 2.24) is 19.8 Å². The molecule has 1 aromatic carbocycles. The lowest BCUT2D eigenvalue weighted by Gasteiger charge is -2.56. The molecule has 1 spiro atoms. The Labute approximate surface area is 219 Å². The van der Waals surface area contributed by atoms with E-state index in [0.29, 0.717) is 37.2 Å². The van der Waals surface area contributed by atoms with Crippen molar-refractivity contribution >= 4 is 23.2 Å². The Kier molecular flexibility index (Phi) is 6.41. The molecule has 1 amide bonds. The first kappa shape index (κ1) is 25.8. The molecule has 0 saturated heterocycles. The summed E-state index contributed by atoms with van der Waals surface area (Å²) in [7, 11) is 1.73. The minimum atomic E-state index is -0.871. The average Bonchev–Trinajstić information content (AvgIpc) is 3.35. The van der Waals surface area contributed by atoms with Gasteiger partial charge in [-0.25, -0.2) is 8.78 Å². The topological polar surface area (TPSA) is 129 Å². The number of amides is 1. The molecule has 0 radical (unpaired) electrons. The van der Waals surface area contributed by atoms with E-state index in [1.54, 1.807) is 23.9 Å². The number of rotatable bonds is 5. The summed E-state index contributed by atoms with van der Waals surface area (Å²) >= 11 is 1.02. The van der Waals surface area contributed by atoms with Crippen molar-refractivity contribution in [3.05, 3.63) is 62.5 Å². The van der Waals surface area contributed by atoms with Gasteiger partial charge in [-0.15, -0.1) is 10.2 Å². The third kappa shape index (κ3) is 4.01. The second-order valence-corrected chi connectivity index (χ2v) is 10.6. The van der Waals surface area contributed by atoms with E-state index in [0.717, 1.165) is 23.5 Å². The second-order valence-electron chi connectivity index (χ2n) is 9.50. The summed E-state index contributed by atoms with van der Waals surface area (Å²) in [6.07, 6.45) is 2.99. The van der Waals surface area contributed by atoms with Crippen LogP contribution in [0.1, 0.15) is 53.7 Å². The van der Waals surface area contributed by atoms with E-state index in [1.807, 2.05) is 0 Å². The molecule has 1 aliphatic carbocycles. The number of halogens is 2. The number of carboxylic acids is 1. The van der Waals surface area contributed by atoms with Crippen molar-refractivity contribution in [3.63, 3.8) is 0 Å². The van der Waals surface area contributed by atoms with Gasteiger partial charge in [-0.3, -0.25) is 24.1 Å². The molecule has 0 bridgehead atoms. The number of benzene rings is 1. The molecule has 3 aromatic rings. The van der Waals surface area contributed by atoms with Crippen molar-refractivity contribution in [2.75, 3.05) is 18.6 Å². The summed E-state index contributed by atoms with van der Waals surface area (Å²) in [6.45, 7) is 2.10. The fourth-order valence-electron chi connectivity index (χ4n) is 5.49. The lowest BCUT2D eigenvalue weighted by molar-refractivity contribution is -0.143. The normalized spacial score (nSPS) is 21.2. The Balaban J connectivity index is 1.54. The first-order chi connectivity index (χ1) is 18.1. The highest BCUT2D eigenvalue weighted by Gasteiger charge is 2.51. The smallest absolute Gasteiger partial charge is 0.306 e. The van der Waals surface area contributed by atoms with Crippen LogP contribution in [0, 0.1) is 17.6 Å². The third-order valence-corrected chi connectivity index (χ3v) is 8.50. The van der Waals surface area contributed by atoms with Gasteiger partial charge >= 0.3 is 5.97 Å². The standard InChI is InChI=1S/C25H25F2N5O5S/c1-3-31-23(35)19-21(34)20(33)16(12-32(19)30(2)25(31)8-6-13(7-9-25)24(36)37)22-29-28-18(38-22)10-14-4-5-15(26)11-17(14)27/h4-5,11-13,34H,3,6-10H2,1-2H3,(H,36,37). The van der Waals surface area contributed by atoms with Gasteiger partial charge in [0.1, 0.15) is 22.3 Å². The lowest BCUT2D eigenvalue weighted by atomic mass is 9.79. The molecule has 1 fully saturated rings. The van der Waals surface area contributed by atoms with Crippen LogP contribution in [0.3, 0.4) is 0 Å². The van der Waals surface area contributed by atoms with Crippen LogP contribution in [0.25, 0.3) is 10.6 Å². The van der Waals surface area contributed by atoms with Gasteiger partial charge in [0.25, 0.3) is 5.91 Å². The van der Waals surface area contributed by atoms with Crippen molar-refractivity contribution < 1.29 is 28.6 Å². The molecule has 5 rings (SSSR count). The third-order valence-electron chi connectivity index (χ3n) is 7.55. The van der Waals surface area contributed by atoms with E-state index < -0.39 is 46.3 Å². The quantitative estimate of drug-likeness (QED) is 0.501. The molecule has 1 saturated carbocycles. The summed E-state index contributed by atoms with van der Waals surface area (Å²) in [5.41, 5.74) is -1.60. The Hall–Kier alpha value is -3.87. The average molecular weight is 546 g/mol. The van der Waals surface area contributed by atoms with E-state index in [2.05, 4.69) is 10.2 Å². The minimum Gasteiger partial charge on any atom is -0.502 e. The highest BCUT2D eigenvalue weighted by atomic mass is 32.1. The number of hydrogen-bond donors (Lipinski definition) is 2. The van der Waals surface area contributed by atoms with Crippen LogP contribution in [-0.4, -0.2) is 61.1 Å². The number of carboxylic acid groups (broad SMARTS) is 1. The van der Waals surface area contributed by atoms with Crippen molar-refractivity contribution in [3.8, 4) is 16.3 Å². The number of carbonyl (C=O) groups is 2. The van der Waals surface area contributed by atoms with E-state index in [4.69, 9.17) is 0 Å². The largest absolute Gasteiger partial charge is 0.502 e. The first-order valence-electron chi connectivity index (χ1n) is 12.1. The van der Waals surface area contributed by atoms with Crippen LogP contribution < -0.4 is 10.4 Å². The monoisotopic (exact) mass is 545 g/mol. The fourth-order valence-corrected chi connectivity index (χ4v) is 6.36. The summed E-state index contributed by atoms with van der Waals surface area (Å²) in [6, 6.07) is 3.22. The lowest BCUT2D eigenvalue weighted by Crippen LogP contribution is -2.70. The van der Waals surface area contributed by atoms with E-state index >= 15 is 0 Å². The van der Waals surface area contributed by atoms with Crippen LogP contribution >= 0.6 is 11.3 Å². The van der Waals surface area contributed by atoms with Gasteiger partial charge in [-0.1, -0.05) is 17.4 Å². The van der Waals surface area contributed by atoms with Crippen molar-refractivity contribution in [2.45, 2.75) is 44.7 Å². The molecule has 10 nitrogen and oxygen atoms in total. The van der Waals surface area contributed by atoms with E-state index in [1.165, 1.54) is 16.9 Å². The fraction of sp³-hybridized carbons (Fsp3) is 0.400. The van der Waals surface area contributed by atoms with Crippen molar-refractivity contribution in [2.24, 2.45) is 5.92 Å². The van der Waals surface area contributed by atoms with Gasteiger partial charge in [-0.2, -0.15) is 0 Å². The number of aliphatic carboxylic acids is 1. The zero-order chi connectivity index (χ0) is 27.4. The van der Waals surface area contributed by atoms with Crippen LogP contribution in [0.5, 0.6) is 5.75 Å². The predicted molar refractivity (Wildman–Crippen MR) is 134 cm³/mol. The maximum atomic E-state index is 14.1. The van der Waals surface area contributed by atoms with E-state index in [-0.39, 0.29) is 28.2 Å². The maximum absolute atomic E-state index is 14.1. The molecular weight excluding hydrogens is 520 g/mol. The molecule has 1 aliphatic heterocycles. The number of nitrogens with zero attached hydrogens (tertiary/aromatic N) is 5. The van der Waals surface area contributed by atoms with E-state index in [9.17, 15) is 33.4 Å². The summed E-state index contributed by atoms with van der Waals surface area (Å²) in [5, 5.41) is 30.7. The number of aromatic hydroxyl groups is 1. The molecule has 0 atom stereocenters. The van der Waals surface area contributed by atoms with Crippen LogP contribution in [0.2, 0.25) is 0 Å². The van der Waals surface area contributed by atoms with Gasteiger partial charge in [0.05, 0.1) is 11.5 Å². The zero-order valence-electron chi connectivity index (χ0n) is 20.6. The molecule has 2 N–H and O–H groups in total. The SMILES string of the molecule is CCN1C(=O)c2c(O)c(=O)c(-c3nnc(Cc4ccc(F)cc4F)s3)cn2N(C)C12CCC(C(=O)O)CC2. The van der Waals surface area contributed by atoms with Gasteiger partial charge in [0, 0.05) is 32.3 Å². The molecule has 38 heavy (non-hydrogen) atoms. The molecule has 2 aliphatic rings. The minimum absolute atomic E-state index is 0.00792. The first-order valence-corrected chi connectivity index (χ1v) is 12.9. The Morgan fingerprint density at radius 1 is 1.21 bits per heavy atom. The molecule has 0 unspecified atom stereocenters. The summed E-state index contributed by atoms with van der Waals surface area (Å²) < 4.78 is 28.8. The number of aromatic nitrogens is 3. The van der Waals surface area contributed by atoms with Gasteiger partial charge in [0.2, 0.25) is 5.43 Å². The second kappa shape index (κ2) is 9.46. The number of hydrogen-bond acceptors (Lipinski definition) is 8. The maximum Gasteiger partial charge on any atom is 0.306 e.